The van der Waals surface area contributed by atoms with E-state index in [1.807, 2.05) is 38.1 Å². The second-order valence-electron chi connectivity index (χ2n) is 8.08. The number of halogens is 1. The standard InChI is InChI=1S/C25H26FN5O3/c1-4-17-8-12-20(13-9-17)27-21(32)15-29-22-16(3)28-31(5-2)23(22)24(33)30(25(29)34)14-18-6-10-19(26)11-7-18/h6-13H,4-5,14-15H2,1-3H3,(H,27,32). The molecule has 8 nitrogen and oxygen atoms in total. The molecule has 2 aromatic carbocycles. The summed E-state index contributed by atoms with van der Waals surface area (Å²) in [5, 5.41) is 7.21. The molecule has 4 rings (SSSR count). The molecule has 2 aromatic heterocycles. The van der Waals surface area contributed by atoms with Gasteiger partial charge in [-0.15, -0.1) is 0 Å². The number of benzene rings is 2. The number of fused-ring (bicyclic) bond motifs is 1. The number of aromatic nitrogens is 4. The monoisotopic (exact) mass is 463 g/mol. The minimum absolute atomic E-state index is 0.0536. The van der Waals surface area contributed by atoms with Crippen molar-refractivity contribution in [1.82, 2.24) is 18.9 Å². The normalized spacial score (nSPS) is 11.2. The third-order valence-electron chi connectivity index (χ3n) is 5.78. The van der Waals surface area contributed by atoms with E-state index in [1.165, 1.54) is 33.5 Å². The number of carbonyl (C=O) groups excluding carboxylic acids is 1. The van der Waals surface area contributed by atoms with Crippen LogP contribution in [0.25, 0.3) is 11.0 Å². The Balaban J connectivity index is 1.78. The molecular weight excluding hydrogens is 437 g/mol. The molecule has 0 spiro atoms. The molecule has 0 saturated heterocycles. The van der Waals surface area contributed by atoms with Crippen molar-refractivity contribution in [3.63, 3.8) is 0 Å². The summed E-state index contributed by atoms with van der Waals surface area (Å²) in [5.41, 5.74) is 2.30. The maximum absolute atomic E-state index is 13.4. The van der Waals surface area contributed by atoms with E-state index in [1.54, 1.807) is 6.92 Å². The minimum atomic E-state index is -0.628. The van der Waals surface area contributed by atoms with Gasteiger partial charge in [0.05, 0.1) is 12.2 Å². The van der Waals surface area contributed by atoms with Crippen LogP contribution in [0.5, 0.6) is 0 Å². The predicted molar refractivity (Wildman–Crippen MR) is 129 cm³/mol. The van der Waals surface area contributed by atoms with E-state index in [0.717, 1.165) is 16.6 Å². The molecule has 0 aliphatic carbocycles. The first kappa shape index (κ1) is 23.2. The highest BCUT2D eigenvalue weighted by atomic mass is 19.1. The zero-order valence-electron chi connectivity index (χ0n) is 19.3. The number of hydrogen-bond acceptors (Lipinski definition) is 4. The van der Waals surface area contributed by atoms with Gasteiger partial charge in [0, 0.05) is 12.2 Å². The van der Waals surface area contributed by atoms with Crippen LogP contribution in [0.3, 0.4) is 0 Å². The maximum Gasteiger partial charge on any atom is 0.332 e. The third-order valence-corrected chi connectivity index (χ3v) is 5.78. The summed E-state index contributed by atoms with van der Waals surface area (Å²) in [7, 11) is 0. The first-order valence-corrected chi connectivity index (χ1v) is 11.2. The average molecular weight is 464 g/mol. The molecule has 1 N–H and O–H groups in total. The van der Waals surface area contributed by atoms with Gasteiger partial charge in [-0.1, -0.05) is 31.2 Å². The summed E-state index contributed by atoms with van der Waals surface area (Å²) in [5.74, 6) is -0.810. The Labute approximate surface area is 195 Å². The van der Waals surface area contributed by atoms with Crippen LogP contribution in [0.2, 0.25) is 0 Å². The van der Waals surface area contributed by atoms with Gasteiger partial charge in [-0.2, -0.15) is 5.10 Å². The largest absolute Gasteiger partial charge is 0.332 e. The van der Waals surface area contributed by atoms with Crippen molar-refractivity contribution < 1.29 is 9.18 Å². The fraction of sp³-hybridized carbons (Fsp3) is 0.280. The van der Waals surface area contributed by atoms with E-state index in [-0.39, 0.29) is 18.6 Å². The summed E-state index contributed by atoms with van der Waals surface area (Å²) in [6.07, 6.45) is 0.887. The zero-order chi connectivity index (χ0) is 24.4. The molecule has 0 fully saturated rings. The van der Waals surface area contributed by atoms with Gasteiger partial charge in [-0.3, -0.25) is 23.4 Å². The van der Waals surface area contributed by atoms with Crippen LogP contribution in [0, 0.1) is 12.7 Å². The van der Waals surface area contributed by atoms with Crippen molar-refractivity contribution >= 4 is 22.6 Å². The number of aryl methyl sites for hydroxylation is 3. The highest BCUT2D eigenvalue weighted by molar-refractivity contribution is 5.91. The van der Waals surface area contributed by atoms with Crippen LogP contribution in [-0.2, 0) is 30.8 Å². The molecule has 0 radical (unpaired) electrons. The number of rotatable bonds is 7. The molecule has 176 valence electrons. The van der Waals surface area contributed by atoms with Crippen LogP contribution in [-0.4, -0.2) is 24.8 Å². The Morgan fingerprint density at radius 1 is 0.941 bits per heavy atom. The van der Waals surface area contributed by atoms with Crippen LogP contribution in [0.1, 0.15) is 30.7 Å². The van der Waals surface area contributed by atoms with Gasteiger partial charge >= 0.3 is 5.69 Å². The van der Waals surface area contributed by atoms with Crippen LogP contribution >= 0.6 is 0 Å². The summed E-state index contributed by atoms with van der Waals surface area (Å²) < 4.78 is 17.2. The summed E-state index contributed by atoms with van der Waals surface area (Å²) in [4.78, 5) is 39.6. The molecule has 4 aromatic rings. The van der Waals surface area contributed by atoms with E-state index in [4.69, 9.17) is 0 Å². The lowest BCUT2D eigenvalue weighted by Crippen LogP contribution is -2.42. The molecule has 0 aliphatic rings. The number of nitrogens with zero attached hydrogens (tertiary/aromatic N) is 4. The fourth-order valence-electron chi connectivity index (χ4n) is 4.02. The Morgan fingerprint density at radius 2 is 1.59 bits per heavy atom. The molecular formula is C25H26FN5O3. The third kappa shape index (κ3) is 4.41. The number of anilines is 1. The minimum Gasteiger partial charge on any atom is -0.325 e. The Morgan fingerprint density at radius 3 is 2.21 bits per heavy atom. The predicted octanol–water partition coefficient (Wildman–Crippen LogP) is 3.08. The number of hydrogen-bond donors (Lipinski definition) is 1. The molecule has 0 aliphatic heterocycles. The number of amides is 1. The maximum atomic E-state index is 13.4. The summed E-state index contributed by atoms with van der Waals surface area (Å²) in [6, 6.07) is 13.1. The highest BCUT2D eigenvalue weighted by Gasteiger charge is 2.21. The van der Waals surface area contributed by atoms with Crippen molar-refractivity contribution in [3.8, 4) is 0 Å². The smallest absolute Gasteiger partial charge is 0.325 e. The van der Waals surface area contributed by atoms with Crippen molar-refractivity contribution in [2.75, 3.05) is 5.32 Å². The number of carbonyl (C=O) groups is 1. The Kier molecular flexibility index (Phi) is 6.45. The Hall–Kier alpha value is -4.01. The molecule has 0 saturated carbocycles. The SMILES string of the molecule is CCc1ccc(NC(=O)Cn2c(=O)n(Cc3ccc(F)cc3)c(=O)c3c2c(C)nn3CC)cc1. The summed E-state index contributed by atoms with van der Waals surface area (Å²) >= 11 is 0. The van der Waals surface area contributed by atoms with E-state index < -0.39 is 23.0 Å². The van der Waals surface area contributed by atoms with Crippen LogP contribution in [0.4, 0.5) is 10.1 Å². The van der Waals surface area contributed by atoms with Gasteiger partial charge in [0.15, 0.2) is 5.52 Å². The molecule has 1 amide bonds. The van der Waals surface area contributed by atoms with E-state index in [0.29, 0.717) is 29.0 Å². The molecule has 0 atom stereocenters. The van der Waals surface area contributed by atoms with Gasteiger partial charge in [0.25, 0.3) is 5.56 Å². The lowest BCUT2D eigenvalue weighted by Gasteiger charge is -2.13. The molecule has 0 unspecified atom stereocenters. The van der Waals surface area contributed by atoms with Crippen molar-refractivity contribution in [2.45, 2.75) is 46.8 Å². The van der Waals surface area contributed by atoms with Gasteiger partial charge in [0.1, 0.15) is 17.9 Å². The quantitative estimate of drug-likeness (QED) is 0.456. The van der Waals surface area contributed by atoms with Gasteiger partial charge in [-0.05, 0) is 55.7 Å². The zero-order valence-corrected chi connectivity index (χ0v) is 19.3. The second kappa shape index (κ2) is 9.46. The molecule has 9 heteroatoms. The van der Waals surface area contributed by atoms with Crippen LogP contribution < -0.4 is 16.6 Å². The lowest BCUT2D eigenvalue weighted by molar-refractivity contribution is -0.116. The first-order chi connectivity index (χ1) is 16.3. The first-order valence-electron chi connectivity index (χ1n) is 11.2. The lowest BCUT2D eigenvalue weighted by atomic mass is 10.1. The second-order valence-corrected chi connectivity index (χ2v) is 8.08. The average Bonchev–Trinajstić information content (AvgIpc) is 3.17. The van der Waals surface area contributed by atoms with E-state index >= 15 is 0 Å². The Bertz CT molecular complexity index is 1460. The van der Waals surface area contributed by atoms with E-state index in [2.05, 4.69) is 10.4 Å². The van der Waals surface area contributed by atoms with Gasteiger partial charge < -0.3 is 5.32 Å². The van der Waals surface area contributed by atoms with Crippen molar-refractivity contribution in [2.24, 2.45) is 0 Å². The van der Waals surface area contributed by atoms with Gasteiger partial charge in [0.2, 0.25) is 5.91 Å². The molecule has 0 bridgehead atoms. The summed E-state index contributed by atoms with van der Waals surface area (Å²) in [6.45, 7) is 5.68. The molecule has 34 heavy (non-hydrogen) atoms. The number of nitrogens with one attached hydrogen (secondary N) is 1. The van der Waals surface area contributed by atoms with Crippen molar-refractivity contribution in [1.29, 1.82) is 0 Å². The van der Waals surface area contributed by atoms with Crippen LogP contribution in [0.15, 0.2) is 58.1 Å². The molecule has 2 heterocycles. The van der Waals surface area contributed by atoms with E-state index in [9.17, 15) is 18.8 Å². The fourth-order valence-corrected chi connectivity index (χ4v) is 4.02. The highest BCUT2D eigenvalue weighted by Crippen LogP contribution is 2.15. The van der Waals surface area contributed by atoms with Gasteiger partial charge in [-0.25, -0.2) is 9.18 Å². The topological polar surface area (TPSA) is 90.9 Å². The van der Waals surface area contributed by atoms with Crippen molar-refractivity contribution in [3.05, 3.63) is 92.0 Å².